The number of thioether (sulfide) groups is 1. The van der Waals surface area contributed by atoms with Gasteiger partial charge in [-0.25, -0.2) is 0 Å². The van der Waals surface area contributed by atoms with E-state index in [9.17, 15) is 0 Å². The van der Waals surface area contributed by atoms with E-state index in [1.807, 2.05) is 37.4 Å². The molecule has 4 heteroatoms. The van der Waals surface area contributed by atoms with Crippen molar-refractivity contribution in [1.29, 1.82) is 0 Å². The first-order chi connectivity index (χ1) is 8.83. The van der Waals surface area contributed by atoms with Crippen LogP contribution in [-0.2, 0) is 6.54 Å². The average molecular weight is 260 g/mol. The van der Waals surface area contributed by atoms with Gasteiger partial charge in [0.15, 0.2) is 0 Å². The van der Waals surface area contributed by atoms with Crippen LogP contribution in [0, 0.1) is 0 Å². The second-order valence-electron chi connectivity index (χ2n) is 3.79. The fraction of sp³-hybridized carbons (Fsp3) is 0.214. The van der Waals surface area contributed by atoms with E-state index in [0.29, 0.717) is 0 Å². The first kappa shape index (κ1) is 12.9. The van der Waals surface area contributed by atoms with Crippen LogP contribution in [0.25, 0.3) is 0 Å². The van der Waals surface area contributed by atoms with Crippen molar-refractivity contribution in [3.8, 4) is 11.5 Å². The van der Waals surface area contributed by atoms with E-state index in [1.165, 1.54) is 4.90 Å². The summed E-state index contributed by atoms with van der Waals surface area (Å²) in [6, 6.07) is 10.0. The van der Waals surface area contributed by atoms with E-state index in [2.05, 4.69) is 16.6 Å². The molecule has 0 bridgehead atoms. The number of benzene rings is 1. The Morgan fingerprint density at radius 1 is 1.22 bits per heavy atom. The molecule has 0 saturated carbocycles. The number of hydrogen-bond acceptors (Lipinski definition) is 4. The zero-order chi connectivity index (χ0) is 12.8. The van der Waals surface area contributed by atoms with Crippen molar-refractivity contribution in [2.45, 2.75) is 11.4 Å². The molecule has 2 rings (SSSR count). The van der Waals surface area contributed by atoms with Crippen molar-refractivity contribution >= 4 is 11.8 Å². The van der Waals surface area contributed by atoms with Crippen LogP contribution >= 0.6 is 11.8 Å². The fourth-order valence-electron chi connectivity index (χ4n) is 1.61. The van der Waals surface area contributed by atoms with E-state index in [0.717, 1.165) is 23.6 Å². The molecule has 94 valence electrons. The largest absolute Gasteiger partial charge is 0.455 e. The number of pyridine rings is 1. The standard InChI is InChI=1S/C14H16N2OS/c1-15-9-11-7-8-16-10-14(11)17-12-3-5-13(18-2)6-4-12/h3-8,10,15H,9H2,1-2H3. The molecule has 0 spiro atoms. The van der Waals surface area contributed by atoms with Gasteiger partial charge in [0, 0.05) is 23.2 Å². The molecule has 2 aromatic rings. The third kappa shape index (κ3) is 3.24. The topological polar surface area (TPSA) is 34.2 Å². The minimum atomic E-state index is 0.765. The number of nitrogens with zero attached hydrogens (tertiary/aromatic N) is 1. The van der Waals surface area contributed by atoms with Gasteiger partial charge in [-0.2, -0.15) is 0 Å². The Morgan fingerprint density at radius 3 is 2.67 bits per heavy atom. The summed E-state index contributed by atoms with van der Waals surface area (Å²) in [7, 11) is 1.91. The molecule has 1 aromatic heterocycles. The van der Waals surface area contributed by atoms with Crippen LogP contribution in [0.5, 0.6) is 11.5 Å². The third-order valence-corrected chi connectivity index (χ3v) is 3.27. The average Bonchev–Trinajstić information content (AvgIpc) is 2.42. The van der Waals surface area contributed by atoms with Crippen LogP contribution in [-0.4, -0.2) is 18.3 Å². The number of nitrogens with one attached hydrogen (secondary N) is 1. The lowest BCUT2D eigenvalue weighted by molar-refractivity contribution is 0.471. The molecule has 0 aliphatic rings. The first-order valence-corrected chi connectivity index (χ1v) is 6.95. The highest BCUT2D eigenvalue weighted by atomic mass is 32.2. The van der Waals surface area contributed by atoms with Crippen LogP contribution in [0.3, 0.4) is 0 Å². The van der Waals surface area contributed by atoms with Gasteiger partial charge in [0.25, 0.3) is 0 Å². The quantitative estimate of drug-likeness (QED) is 0.836. The van der Waals surface area contributed by atoms with Gasteiger partial charge in [-0.05, 0) is 43.6 Å². The minimum absolute atomic E-state index is 0.765. The zero-order valence-corrected chi connectivity index (χ0v) is 11.3. The van der Waals surface area contributed by atoms with E-state index in [1.54, 1.807) is 24.2 Å². The van der Waals surface area contributed by atoms with Crippen molar-refractivity contribution in [3.05, 3.63) is 48.3 Å². The van der Waals surface area contributed by atoms with Gasteiger partial charge in [0.05, 0.1) is 6.20 Å². The Morgan fingerprint density at radius 2 is 2.00 bits per heavy atom. The highest BCUT2D eigenvalue weighted by molar-refractivity contribution is 7.98. The summed E-state index contributed by atoms with van der Waals surface area (Å²) in [6.45, 7) is 0.765. The lowest BCUT2D eigenvalue weighted by atomic mass is 10.2. The van der Waals surface area contributed by atoms with Crippen LogP contribution in [0.4, 0.5) is 0 Å². The van der Waals surface area contributed by atoms with Crippen molar-refractivity contribution in [2.24, 2.45) is 0 Å². The molecule has 0 aliphatic carbocycles. The lowest BCUT2D eigenvalue weighted by Gasteiger charge is -2.10. The molecule has 0 radical (unpaired) electrons. The van der Waals surface area contributed by atoms with Crippen LogP contribution in [0.2, 0.25) is 0 Å². The zero-order valence-electron chi connectivity index (χ0n) is 10.5. The summed E-state index contributed by atoms with van der Waals surface area (Å²) in [6.07, 6.45) is 5.58. The van der Waals surface area contributed by atoms with Gasteiger partial charge >= 0.3 is 0 Å². The molecule has 1 N–H and O–H groups in total. The van der Waals surface area contributed by atoms with Crippen molar-refractivity contribution in [2.75, 3.05) is 13.3 Å². The Hall–Kier alpha value is -1.52. The summed E-state index contributed by atoms with van der Waals surface area (Å²) in [5.41, 5.74) is 1.10. The molecule has 0 unspecified atom stereocenters. The van der Waals surface area contributed by atoms with Gasteiger partial charge in [0.1, 0.15) is 11.5 Å². The number of rotatable bonds is 5. The summed E-state index contributed by atoms with van der Waals surface area (Å²) in [5.74, 6) is 1.63. The third-order valence-electron chi connectivity index (χ3n) is 2.52. The second-order valence-corrected chi connectivity index (χ2v) is 4.67. The Labute approximate surface area is 112 Å². The van der Waals surface area contributed by atoms with Gasteiger partial charge in [-0.1, -0.05) is 0 Å². The van der Waals surface area contributed by atoms with E-state index in [-0.39, 0.29) is 0 Å². The molecular formula is C14H16N2OS. The SMILES string of the molecule is CNCc1ccncc1Oc1ccc(SC)cc1. The summed E-state index contributed by atoms with van der Waals surface area (Å²) in [5, 5.41) is 3.12. The fourth-order valence-corrected chi connectivity index (χ4v) is 2.02. The molecule has 0 atom stereocenters. The number of hydrogen-bond donors (Lipinski definition) is 1. The van der Waals surface area contributed by atoms with Gasteiger partial charge in [0.2, 0.25) is 0 Å². The maximum atomic E-state index is 5.85. The van der Waals surface area contributed by atoms with Crippen LogP contribution < -0.4 is 10.1 Å². The maximum Gasteiger partial charge on any atom is 0.150 e. The van der Waals surface area contributed by atoms with Gasteiger partial charge in [-0.15, -0.1) is 11.8 Å². The van der Waals surface area contributed by atoms with E-state index < -0.39 is 0 Å². The van der Waals surface area contributed by atoms with E-state index >= 15 is 0 Å². The van der Waals surface area contributed by atoms with Crippen molar-refractivity contribution in [1.82, 2.24) is 10.3 Å². The lowest BCUT2D eigenvalue weighted by Crippen LogP contribution is -2.06. The predicted octanol–water partition coefficient (Wildman–Crippen LogP) is 3.32. The molecule has 1 aromatic carbocycles. The predicted molar refractivity (Wildman–Crippen MR) is 75.3 cm³/mol. The van der Waals surface area contributed by atoms with Crippen molar-refractivity contribution < 1.29 is 4.74 Å². The monoisotopic (exact) mass is 260 g/mol. The van der Waals surface area contributed by atoms with Crippen LogP contribution in [0.15, 0.2) is 47.6 Å². The van der Waals surface area contributed by atoms with Crippen LogP contribution in [0.1, 0.15) is 5.56 Å². The molecule has 3 nitrogen and oxygen atoms in total. The van der Waals surface area contributed by atoms with Gasteiger partial charge < -0.3 is 10.1 Å². The minimum Gasteiger partial charge on any atom is -0.455 e. The van der Waals surface area contributed by atoms with Crippen molar-refractivity contribution in [3.63, 3.8) is 0 Å². The first-order valence-electron chi connectivity index (χ1n) is 5.73. The molecular weight excluding hydrogens is 244 g/mol. The molecule has 0 aliphatic heterocycles. The van der Waals surface area contributed by atoms with E-state index in [4.69, 9.17) is 4.74 Å². The number of aromatic nitrogens is 1. The summed E-state index contributed by atoms with van der Waals surface area (Å²) < 4.78 is 5.85. The molecule has 18 heavy (non-hydrogen) atoms. The maximum absolute atomic E-state index is 5.85. The second kappa shape index (κ2) is 6.42. The molecule has 0 amide bonds. The molecule has 1 heterocycles. The smallest absolute Gasteiger partial charge is 0.150 e. The Kier molecular flexibility index (Phi) is 4.61. The highest BCUT2D eigenvalue weighted by Gasteiger charge is 2.04. The number of ether oxygens (including phenoxy) is 1. The Balaban J connectivity index is 2.17. The molecule has 0 saturated heterocycles. The van der Waals surface area contributed by atoms with Gasteiger partial charge in [-0.3, -0.25) is 4.98 Å². The molecule has 0 fully saturated rings. The normalized spacial score (nSPS) is 10.3. The summed E-state index contributed by atoms with van der Waals surface area (Å²) >= 11 is 1.72. The Bertz CT molecular complexity index is 499. The highest BCUT2D eigenvalue weighted by Crippen LogP contribution is 2.26. The summed E-state index contributed by atoms with van der Waals surface area (Å²) in [4.78, 5) is 5.33.